The highest BCUT2D eigenvalue weighted by Crippen LogP contribution is 2.16. The van der Waals surface area contributed by atoms with E-state index in [0.29, 0.717) is 5.75 Å². The molecular weight excluding hydrogens is 370 g/mol. The minimum Gasteiger partial charge on any atom is -0.497 e. The van der Waals surface area contributed by atoms with E-state index in [2.05, 4.69) is 17.6 Å². The first-order valence-electron chi connectivity index (χ1n) is 8.91. The summed E-state index contributed by atoms with van der Waals surface area (Å²) in [4.78, 5) is 0.256. The van der Waals surface area contributed by atoms with Crippen molar-refractivity contribution >= 4 is 10.0 Å². The van der Waals surface area contributed by atoms with Crippen molar-refractivity contribution in [2.45, 2.75) is 25.7 Å². The third-order valence-electron chi connectivity index (χ3n) is 3.90. The van der Waals surface area contributed by atoms with Crippen LogP contribution in [0.1, 0.15) is 25.0 Å². The van der Waals surface area contributed by atoms with E-state index in [-0.39, 0.29) is 18.0 Å². The summed E-state index contributed by atoms with van der Waals surface area (Å²) in [6.45, 7) is 6.03. The molecule has 0 spiro atoms. The molecule has 0 saturated heterocycles. The standard InChI is InChI=1S/C23H25NO3S/c1-19(2)8-6-16-24(28(25,26)23-14-12-20(3)13-15-23)17-7-10-21-9-5-11-22(18-21)27-4/h5-6,9,11-15,18H,16-17H2,1-4H3. The second-order valence-corrected chi connectivity index (χ2v) is 8.43. The number of nitrogens with zero attached hydrogens (tertiary/aromatic N) is 1. The highest BCUT2D eigenvalue weighted by atomic mass is 32.2. The van der Waals surface area contributed by atoms with Crippen LogP contribution in [0.4, 0.5) is 0 Å². The smallest absolute Gasteiger partial charge is 0.244 e. The van der Waals surface area contributed by atoms with Gasteiger partial charge in [0, 0.05) is 12.1 Å². The molecule has 2 rings (SSSR count). The summed E-state index contributed by atoms with van der Waals surface area (Å²) in [6, 6.07) is 14.2. The van der Waals surface area contributed by atoms with Crippen molar-refractivity contribution in [2.24, 2.45) is 0 Å². The summed E-state index contributed by atoms with van der Waals surface area (Å²) >= 11 is 0. The monoisotopic (exact) mass is 395 g/mol. The van der Waals surface area contributed by atoms with Crippen LogP contribution in [0, 0.1) is 18.8 Å². The lowest BCUT2D eigenvalue weighted by molar-refractivity contribution is 0.414. The second-order valence-electron chi connectivity index (χ2n) is 6.49. The molecule has 0 atom stereocenters. The highest BCUT2D eigenvalue weighted by molar-refractivity contribution is 7.89. The molecule has 0 aliphatic rings. The second kappa shape index (κ2) is 9.96. The SMILES string of the molecule is COc1cccc(C#CCN(CC=C=C(C)C)S(=O)(=O)c2ccc(C)cc2)c1. The Labute approximate surface area is 168 Å². The molecule has 0 radical (unpaired) electrons. The van der Waals surface area contributed by atoms with Crippen molar-refractivity contribution in [1.82, 2.24) is 4.31 Å². The van der Waals surface area contributed by atoms with E-state index < -0.39 is 10.0 Å². The maximum atomic E-state index is 13.0. The average Bonchev–Trinajstić information content (AvgIpc) is 2.67. The van der Waals surface area contributed by atoms with E-state index in [1.807, 2.05) is 45.0 Å². The van der Waals surface area contributed by atoms with Crippen LogP contribution < -0.4 is 4.74 Å². The summed E-state index contributed by atoms with van der Waals surface area (Å²) in [7, 11) is -2.06. The Morgan fingerprint density at radius 1 is 1.14 bits per heavy atom. The molecule has 4 nitrogen and oxygen atoms in total. The van der Waals surface area contributed by atoms with Crippen LogP contribution in [0.3, 0.4) is 0 Å². The molecule has 0 amide bonds. The Morgan fingerprint density at radius 2 is 1.86 bits per heavy atom. The molecule has 0 aromatic heterocycles. The van der Waals surface area contributed by atoms with Crippen LogP contribution in [-0.2, 0) is 10.0 Å². The Hall–Kier alpha value is -2.77. The molecule has 0 bridgehead atoms. The number of sulfonamides is 1. The van der Waals surface area contributed by atoms with Crippen LogP contribution in [0.2, 0.25) is 0 Å². The summed E-state index contributed by atoms with van der Waals surface area (Å²) in [5, 5.41) is 0. The van der Waals surface area contributed by atoms with Gasteiger partial charge in [0.2, 0.25) is 10.0 Å². The lowest BCUT2D eigenvalue weighted by Gasteiger charge is -2.18. The van der Waals surface area contributed by atoms with Gasteiger partial charge in [0.1, 0.15) is 5.75 Å². The van der Waals surface area contributed by atoms with Crippen LogP contribution in [0.5, 0.6) is 5.75 Å². The fourth-order valence-electron chi connectivity index (χ4n) is 2.39. The van der Waals surface area contributed by atoms with Crippen LogP contribution in [-0.4, -0.2) is 32.9 Å². The average molecular weight is 396 g/mol. The molecule has 2 aromatic rings. The Balaban J connectivity index is 2.30. The highest BCUT2D eigenvalue weighted by Gasteiger charge is 2.22. The van der Waals surface area contributed by atoms with E-state index in [9.17, 15) is 8.42 Å². The molecule has 5 heteroatoms. The molecule has 0 saturated carbocycles. The molecule has 0 aliphatic carbocycles. The first-order valence-corrected chi connectivity index (χ1v) is 10.3. The Morgan fingerprint density at radius 3 is 2.50 bits per heavy atom. The van der Waals surface area contributed by atoms with Crippen LogP contribution in [0.15, 0.2) is 70.8 Å². The fourth-order valence-corrected chi connectivity index (χ4v) is 3.67. The Kier molecular flexibility index (Phi) is 7.66. The number of ether oxygens (including phenoxy) is 1. The lowest BCUT2D eigenvalue weighted by atomic mass is 10.2. The number of hydrogen-bond acceptors (Lipinski definition) is 3. The van der Waals surface area contributed by atoms with Crippen molar-refractivity contribution in [1.29, 1.82) is 0 Å². The zero-order chi connectivity index (χ0) is 20.6. The number of hydrogen-bond donors (Lipinski definition) is 0. The maximum Gasteiger partial charge on any atom is 0.244 e. The van der Waals surface area contributed by atoms with Gasteiger partial charge in [-0.1, -0.05) is 35.6 Å². The van der Waals surface area contributed by atoms with E-state index in [4.69, 9.17) is 4.74 Å². The van der Waals surface area contributed by atoms with Crippen molar-refractivity contribution in [3.05, 3.63) is 77.0 Å². The molecule has 146 valence electrons. The quantitative estimate of drug-likeness (QED) is 0.545. The normalized spacial score (nSPS) is 10.6. The van der Waals surface area contributed by atoms with E-state index in [1.165, 1.54) is 4.31 Å². The van der Waals surface area contributed by atoms with Crippen molar-refractivity contribution in [3.63, 3.8) is 0 Å². The van der Waals surface area contributed by atoms with Gasteiger partial charge in [-0.05, 0) is 62.8 Å². The number of methoxy groups -OCH3 is 1. The number of benzene rings is 2. The van der Waals surface area contributed by atoms with Gasteiger partial charge in [-0.2, -0.15) is 4.31 Å². The third kappa shape index (κ3) is 6.14. The van der Waals surface area contributed by atoms with Gasteiger partial charge in [0.05, 0.1) is 18.6 Å². The van der Waals surface area contributed by atoms with E-state index in [1.54, 1.807) is 37.5 Å². The molecule has 2 aromatic carbocycles. The van der Waals surface area contributed by atoms with Gasteiger partial charge < -0.3 is 4.74 Å². The van der Waals surface area contributed by atoms with Gasteiger partial charge in [-0.3, -0.25) is 0 Å². The van der Waals surface area contributed by atoms with Crippen molar-refractivity contribution < 1.29 is 13.2 Å². The van der Waals surface area contributed by atoms with Crippen molar-refractivity contribution in [2.75, 3.05) is 20.2 Å². The number of rotatable bonds is 6. The molecular formula is C23H25NO3S. The molecule has 28 heavy (non-hydrogen) atoms. The summed E-state index contributed by atoms with van der Waals surface area (Å²) in [5.41, 5.74) is 5.81. The minimum atomic E-state index is -3.66. The zero-order valence-electron chi connectivity index (χ0n) is 16.7. The first-order chi connectivity index (χ1) is 13.3. The molecule has 0 fully saturated rings. The van der Waals surface area contributed by atoms with Gasteiger partial charge in [-0.15, -0.1) is 5.73 Å². The van der Waals surface area contributed by atoms with E-state index in [0.717, 1.165) is 16.7 Å². The summed E-state index contributed by atoms with van der Waals surface area (Å²) in [6.07, 6.45) is 1.72. The topological polar surface area (TPSA) is 46.6 Å². The van der Waals surface area contributed by atoms with Crippen molar-refractivity contribution in [3.8, 4) is 17.6 Å². The third-order valence-corrected chi connectivity index (χ3v) is 5.73. The van der Waals surface area contributed by atoms with Gasteiger partial charge in [0.15, 0.2) is 0 Å². The first kappa shape index (κ1) is 21.5. The maximum absolute atomic E-state index is 13.0. The van der Waals surface area contributed by atoms with Crippen LogP contribution >= 0.6 is 0 Å². The number of aryl methyl sites for hydroxylation is 1. The molecule has 0 heterocycles. The van der Waals surface area contributed by atoms with Gasteiger partial charge >= 0.3 is 0 Å². The molecule has 0 aliphatic heterocycles. The molecule has 0 N–H and O–H groups in total. The predicted octanol–water partition coefficient (Wildman–Crippen LogP) is 4.17. The largest absolute Gasteiger partial charge is 0.497 e. The zero-order valence-corrected chi connectivity index (χ0v) is 17.5. The predicted molar refractivity (Wildman–Crippen MR) is 113 cm³/mol. The fraction of sp³-hybridized carbons (Fsp3) is 0.261. The Bertz CT molecular complexity index is 1030. The summed E-state index contributed by atoms with van der Waals surface area (Å²) < 4.78 is 32.6. The van der Waals surface area contributed by atoms with E-state index >= 15 is 0 Å². The molecule has 0 unspecified atom stereocenters. The summed E-state index contributed by atoms with van der Waals surface area (Å²) in [5.74, 6) is 6.68. The van der Waals surface area contributed by atoms with Gasteiger partial charge in [0.25, 0.3) is 0 Å². The minimum absolute atomic E-state index is 0.0777. The van der Waals surface area contributed by atoms with Gasteiger partial charge in [-0.25, -0.2) is 8.42 Å². The lowest BCUT2D eigenvalue weighted by Crippen LogP contribution is -2.31. The van der Waals surface area contributed by atoms with Crippen LogP contribution in [0.25, 0.3) is 0 Å².